The number of nitrogens with zero attached hydrogens (tertiary/aromatic N) is 7. The number of rotatable bonds is 7. The summed E-state index contributed by atoms with van der Waals surface area (Å²) in [5, 5.41) is 7.99. The van der Waals surface area contributed by atoms with Gasteiger partial charge in [0.25, 0.3) is 0 Å². The number of halogens is 2. The van der Waals surface area contributed by atoms with E-state index in [1.54, 1.807) is 21.5 Å². The van der Waals surface area contributed by atoms with E-state index in [4.69, 9.17) is 0 Å². The fraction of sp³-hybridized carbons (Fsp3) is 0.300. The number of Topliss-reactive ketones (excluding diaryl/α,β-unsaturated/α-hetero) is 1. The van der Waals surface area contributed by atoms with Crippen molar-refractivity contribution in [2.45, 2.75) is 50.9 Å². The molecule has 1 aromatic carbocycles. The van der Waals surface area contributed by atoms with Crippen LogP contribution in [0, 0.1) is 0 Å². The number of likely N-dealkylation sites (tertiary alicyclic amines) is 1. The van der Waals surface area contributed by atoms with E-state index in [-0.39, 0.29) is 31.1 Å². The van der Waals surface area contributed by atoms with Gasteiger partial charge in [0.1, 0.15) is 23.4 Å². The Morgan fingerprint density at radius 2 is 1.93 bits per heavy atom. The highest BCUT2D eigenvalue weighted by molar-refractivity contribution is 9.10. The summed E-state index contributed by atoms with van der Waals surface area (Å²) in [6.07, 6.45) is 9.04. The third-order valence-electron chi connectivity index (χ3n) is 7.96. The van der Waals surface area contributed by atoms with Crippen LogP contribution in [-0.4, -0.2) is 70.4 Å². The number of carbonyl (C=O) groups is 3. The Balaban J connectivity index is 1.15. The predicted octanol–water partition coefficient (Wildman–Crippen LogP) is 4.56. The second kappa shape index (κ2) is 10.6. The summed E-state index contributed by atoms with van der Waals surface area (Å²) < 4.78 is 18.4. The van der Waals surface area contributed by atoms with Gasteiger partial charge in [-0.2, -0.15) is 5.10 Å². The van der Waals surface area contributed by atoms with Crippen LogP contribution in [0.1, 0.15) is 48.2 Å². The molecule has 0 bridgehead atoms. The van der Waals surface area contributed by atoms with Crippen molar-refractivity contribution in [2.24, 2.45) is 0 Å². The van der Waals surface area contributed by atoms with E-state index in [2.05, 4.69) is 41.3 Å². The third-order valence-corrected chi connectivity index (χ3v) is 8.34. The lowest BCUT2D eigenvalue weighted by Crippen LogP contribution is -2.44. The number of hydrogen-bond donors (Lipinski definition) is 1. The van der Waals surface area contributed by atoms with E-state index in [9.17, 15) is 18.8 Å². The molecule has 0 radical (unpaired) electrons. The van der Waals surface area contributed by atoms with Gasteiger partial charge in [0, 0.05) is 59.0 Å². The SMILES string of the molecule is CC(=O)c1cn(CC(=O)N2C[C@H](F)C[C@H]2C(=O)Nc2cncc(Br)n2)c2ccc(-c3cnc4cc(C5CC5)nn4c3)cc12. The molecule has 1 saturated heterocycles. The van der Waals surface area contributed by atoms with Crippen molar-refractivity contribution in [1.29, 1.82) is 0 Å². The van der Waals surface area contributed by atoms with Gasteiger partial charge >= 0.3 is 0 Å². The maximum atomic E-state index is 14.5. The van der Waals surface area contributed by atoms with Crippen molar-refractivity contribution < 1.29 is 18.8 Å². The van der Waals surface area contributed by atoms with E-state index in [0.717, 1.165) is 35.3 Å². The number of ketones is 1. The molecule has 2 amide bonds. The molecular formula is C30H26BrFN8O3. The minimum absolute atomic E-state index is 0.121. The van der Waals surface area contributed by atoms with Crippen LogP contribution in [0.2, 0.25) is 0 Å². The van der Waals surface area contributed by atoms with Crippen molar-refractivity contribution in [3.63, 3.8) is 0 Å². The van der Waals surface area contributed by atoms with Crippen molar-refractivity contribution in [2.75, 3.05) is 11.9 Å². The zero-order chi connectivity index (χ0) is 29.8. The molecule has 2 atom stereocenters. The second-order valence-corrected chi connectivity index (χ2v) is 11.9. The van der Waals surface area contributed by atoms with Crippen LogP contribution in [-0.2, 0) is 16.1 Å². The first-order valence-electron chi connectivity index (χ1n) is 13.9. The van der Waals surface area contributed by atoms with Gasteiger partial charge in [0.2, 0.25) is 11.8 Å². The van der Waals surface area contributed by atoms with Gasteiger partial charge in [-0.15, -0.1) is 0 Å². The average molecular weight is 645 g/mol. The molecule has 2 fully saturated rings. The highest BCUT2D eigenvalue weighted by atomic mass is 79.9. The van der Waals surface area contributed by atoms with Gasteiger partial charge in [0.05, 0.1) is 24.6 Å². The van der Waals surface area contributed by atoms with Crippen molar-refractivity contribution >= 4 is 55.9 Å². The number of anilines is 1. The van der Waals surface area contributed by atoms with Crippen LogP contribution in [0.5, 0.6) is 0 Å². The van der Waals surface area contributed by atoms with Crippen LogP contribution in [0.4, 0.5) is 10.2 Å². The molecule has 43 heavy (non-hydrogen) atoms. The average Bonchev–Trinajstić information content (AvgIpc) is 3.46. The van der Waals surface area contributed by atoms with E-state index in [1.165, 1.54) is 24.2 Å². The van der Waals surface area contributed by atoms with Crippen LogP contribution in [0.3, 0.4) is 0 Å². The molecule has 5 aromatic rings. The Hall–Kier alpha value is -4.52. The summed E-state index contributed by atoms with van der Waals surface area (Å²) in [5.41, 5.74) is 4.67. The number of benzene rings is 1. The summed E-state index contributed by atoms with van der Waals surface area (Å²) in [6.45, 7) is 1.11. The molecule has 2 aliphatic rings. The molecule has 1 aliphatic carbocycles. The van der Waals surface area contributed by atoms with Crippen molar-refractivity contribution in [3.05, 3.63) is 71.1 Å². The molecule has 4 aromatic heterocycles. The smallest absolute Gasteiger partial charge is 0.248 e. The first-order chi connectivity index (χ1) is 20.7. The highest BCUT2D eigenvalue weighted by Gasteiger charge is 2.40. The third kappa shape index (κ3) is 5.29. The molecule has 1 aliphatic heterocycles. The molecule has 0 unspecified atom stereocenters. The van der Waals surface area contributed by atoms with Gasteiger partial charge in [0.15, 0.2) is 17.2 Å². The van der Waals surface area contributed by atoms with E-state index in [0.29, 0.717) is 27.0 Å². The fourth-order valence-corrected chi connectivity index (χ4v) is 5.98. The summed E-state index contributed by atoms with van der Waals surface area (Å²) in [4.78, 5) is 53.1. The molecule has 1 saturated carbocycles. The number of aromatic nitrogens is 6. The largest absolute Gasteiger partial charge is 0.337 e. The Bertz CT molecular complexity index is 1930. The number of fused-ring (bicyclic) bond motifs is 2. The van der Waals surface area contributed by atoms with Gasteiger partial charge in [-0.1, -0.05) is 6.07 Å². The monoisotopic (exact) mass is 644 g/mol. The second-order valence-electron chi connectivity index (χ2n) is 11.1. The predicted molar refractivity (Wildman–Crippen MR) is 159 cm³/mol. The van der Waals surface area contributed by atoms with Gasteiger partial charge in [-0.3, -0.25) is 19.4 Å². The minimum Gasteiger partial charge on any atom is -0.337 e. The molecule has 13 heteroatoms. The minimum atomic E-state index is -1.34. The molecule has 11 nitrogen and oxygen atoms in total. The zero-order valence-electron chi connectivity index (χ0n) is 23.1. The lowest BCUT2D eigenvalue weighted by atomic mass is 10.0. The number of nitrogens with one attached hydrogen (secondary N) is 1. The maximum absolute atomic E-state index is 14.5. The normalized spacial score (nSPS) is 18.4. The standard InChI is InChI=1S/C30H26BrFN8O3/c1-16(41)22-14-38(15-29(42)39-13-20(32)7-25(39)30(43)36-27-11-33-10-26(31)35-27)24-5-4-18(6-21(22)24)19-9-34-28-8-23(17-2-3-17)37-40(28)12-19/h4-6,8-12,14,17,20,25H,2-3,7,13,15H2,1H3,(H,35,36,43)/t20-,25+/m1/s1. The van der Waals surface area contributed by atoms with E-state index >= 15 is 0 Å². The molecule has 1 N–H and O–H groups in total. The van der Waals surface area contributed by atoms with Crippen LogP contribution >= 0.6 is 15.9 Å². The molecular weight excluding hydrogens is 619 g/mol. The van der Waals surface area contributed by atoms with Crippen LogP contribution in [0.25, 0.3) is 27.7 Å². The van der Waals surface area contributed by atoms with Crippen molar-refractivity contribution in [3.8, 4) is 11.1 Å². The Kier molecular flexibility index (Phi) is 6.76. The molecule has 7 rings (SSSR count). The maximum Gasteiger partial charge on any atom is 0.248 e. The van der Waals surface area contributed by atoms with E-state index in [1.807, 2.05) is 30.5 Å². The zero-order valence-corrected chi connectivity index (χ0v) is 24.7. The Morgan fingerprint density at radius 3 is 2.70 bits per heavy atom. The first kappa shape index (κ1) is 27.3. The number of amides is 2. The molecule has 218 valence electrons. The molecule has 0 spiro atoms. The van der Waals surface area contributed by atoms with Gasteiger partial charge in [-0.05, 0) is 53.4 Å². The summed E-state index contributed by atoms with van der Waals surface area (Å²) in [7, 11) is 0. The topological polar surface area (TPSA) is 127 Å². The van der Waals surface area contributed by atoms with Crippen molar-refractivity contribution in [1.82, 2.24) is 34.0 Å². The quantitative estimate of drug-likeness (QED) is 0.257. The number of alkyl halides is 1. The summed E-state index contributed by atoms with van der Waals surface area (Å²) in [6, 6.07) is 6.68. The number of hydrogen-bond acceptors (Lipinski definition) is 7. The lowest BCUT2D eigenvalue weighted by molar-refractivity contribution is -0.137. The van der Waals surface area contributed by atoms with Gasteiger partial charge < -0.3 is 14.8 Å². The van der Waals surface area contributed by atoms with Crippen LogP contribution < -0.4 is 5.32 Å². The highest BCUT2D eigenvalue weighted by Crippen LogP contribution is 2.39. The lowest BCUT2D eigenvalue weighted by Gasteiger charge is -2.24. The van der Waals surface area contributed by atoms with E-state index < -0.39 is 24.0 Å². The Labute approximate surface area is 253 Å². The van der Waals surface area contributed by atoms with Gasteiger partial charge in [-0.25, -0.2) is 18.9 Å². The number of carbonyl (C=O) groups excluding carboxylic acids is 3. The summed E-state index contributed by atoms with van der Waals surface area (Å²) in [5.74, 6) is -0.419. The first-order valence-corrected chi connectivity index (χ1v) is 14.7. The molecule has 5 heterocycles. The van der Waals surface area contributed by atoms with Crippen LogP contribution in [0.15, 0.2) is 59.9 Å². The fourth-order valence-electron chi connectivity index (χ4n) is 5.67. The Morgan fingerprint density at radius 1 is 1.09 bits per heavy atom. The summed E-state index contributed by atoms with van der Waals surface area (Å²) >= 11 is 3.20.